The third-order valence-electron chi connectivity index (χ3n) is 7.08. The summed E-state index contributed by atoms with van der Waals surface area (Å²) >= 11 is 0. The van der Waals surface area contributed by atoms with Crippen LogP contribution in [0.2, 0.25) is 0 Å². The van der Waals surface area contributed by atoms with Gasteiger partial charge in [-0.1, -0.05) is 38.5 Å². The Kier molecular flexibility index (Phi) is 4.43. The van der Waals surface area contributed by atoms with Gasteiger partial charge in [-0.2, -0.15) is 0 Å². The molecule has 1 heteroatoms. The average Bonchev–Trinajstić information content (AvgIpc) is 2.87. The van der Waals surface area contributed by atoms with E-state index >= 15 is 0 Å². The molecule has 0 spiro atoms. The number of rotatable bonds is 4. The second-order valence-electron chi connectivity index (χ2n) is 7.74. The predicted octanol–water partition coefficient (Wildman–Crippen LogP) is 5.34. The Morgan fingerprint density at radius 1 is 1.36 bits per heavy atom. The zero-order valence-corrected chi connectivity index (χ0v) is 14.1. The summed E-state index contributed by atoms with van der Waals surface area (Å²) in [6.07, 6.45) is 17.5. The third-order valence-corrected chi connectivity index (χ3v) is 7.08. The maximum Gasteiger partial charge on any atom is 0.143 e. The molecule has 3 aliphatic carbocycles. The maximum absolute atomic E-state index is 11.0. The fraction of sp³-hybridized carbons (Fsp3) is 0.667. The van der Waals surface area contributed by atoms with Crippen LogP contribution in [0.3, 0.4) is 0 Å². The molecule has 0 aliphatic heterocycles. The molecule has 1 nitrogen and oxygen atoms in total. The highest BCUT2D eigenvalue weighted by Gasteiger charge is 2.54. The molecule has 6 unspecified atom stereocenters. The lowest BCUT2D eigenvalue weighted by molar-refractivity contribution is -0.104. The molecular formula is C21H30O. The summed E-state index contributed by atoms with van der Waals surface area (Å²) < 4.78 is 0. The van der Waals surface area contributed by atoms with Crippen LogP contribution in [0.15, 0.2) is 36.5 Å². The van der Waals surface area contributed by atoms with Crippen LogP contribution in [0, 0.1) is 35.0 Å². The minimum absolute atomic E-state index is 0.369. The molecule has 0 bridgehead atoms. The first-order valence-electron chi connectivity index (χ1n) is 9.15. The van der Waals surface area contributed by atoms with Crippen LogP contribution in [0.4, 0.5) is 0 Å². The van der Waals surface area contributed by atoms with Crippen molar-refractivity contribution in [2.24, 2.45) is 35.0 Å². The number of hydrogen-bond donors (Lipinski definition) is 0. The molecule has 3 aliphatic rings. The molecule has 0 aromatic carbocycles. The van der Waals surface area contributed by atoms with Crippen LogP contribution in [0.5, 0.6) is 0 Å². The van der Waals surface area contributed by atoms with Crippen molar-refractivity contribution in [1.29, 1.82) is 0 Å². The highest BCUT2D eigenvalue weighted by atomic mass is 16.1. The van der Waals surface area contributed by atoms with E-state index in [4.69, 9.17) is 0 Å². The van der Waals surface area contributed by atoms with Gasteiger partial charge in [0.1, 0.15) is 6.29 Å². The summed E-state index contributed by atoms with van der Waals surface area (Å²) in [5.74, 6) is 3.56. The zero-order chi connectivity index (χ0) is 15.7. The second kappa shape index (κ2) is 6.18. The smallest absolute Gasteiger partial charge is 0.143 e. The van der Waals surface area contributed by atoms with Crippen LogP contribution in [0.25, 0.3) is 0 Å². The Labute approximate surface area is 135 Å². The van der Waals surface area contributed by atoms with Gasteiger partial charge >= 0.3 is 0 Å². The lowest BCUT2D eigenvalue weighted by Crippen LogP contribution is -2.44. The van der Waals surface area contributed by atoms with Gasteiger partial charge in [-0.3, -0.25) is 4.79 Å². The number of aldehydes is 1. The van der Waals surface area contributed by atoms with Gasteiger partial charge in [0, 0.05) is 0 Å². The van der Waals surface area contributed by atoms with Crippen molar-refractivity contribution in [1.82, 2.24) is 0 Å². The second-order valence-corrected chi connectivity index (χ2v) is 7.74. The molecular weight excluding hydrogens is 268 g/mol. The van der Waals surface area contributed by atoms with E-state index in [1.807, 2.05) is 0 Å². The van der Waals surface area contributed by atoms with Crippen molar-refractivity contribution in [3.8, 4) is 0 Å². The van der Waals surface area contributed by atoms with Crippen molar-refractivity contribution in [3.05, 3.63) is 36.5 Å². The van der Waals surface area contributed by atoms with Gasteiger partial charge in [0.2, 0.25) is 0 Å². The van der Waals surface area contributed by atoms with E-state index in [1.54, 1.807) is 6.08 Å². The summed E-state index contributed by atoms with van der Waals surface area (Å²) in [4.78, 5) is 11.0. The Bertz CT molecular complexity index is 500. The van der Waals surface area contributed by atoms with E-state index < -0.39 is 0 Å². The lowest BCUT2D eigenvalue weighted by atomic mass is 9.53. The molecule has 2 saturated carbocycles. The molecule has 3 rings (SSSR count). The molecule has 22 heavy (non-hydrogen) atoms. The Balaban J connectivity index is 1.95. The summed E-state index contributed by atoms with van der Waals surface area (Å²) in [5, 5.41) is 0. The number of fused-ring (bicyclic) bond motifs is 3. The highest BCUT2D eigenvalue weighted by molar-refractivity contribution is 5.67. The molecule has 0 aromatic heterocycles. The number of carbonyl (C=O) groups is 1. The van der Waals surface area contributed by atoms with E-state index in [2.05, 4.69) is 38.7 Å². The molecule has 0 aromatic rings. The van der Waals surface area contributed by atoms with Crippen molar-refractivity contribution in [3.63, 3.8) is 0 Å². The number of hydrogen-bond acceptors (Lipinski definition) is 1. The van der Waals surface area contributed by atoms with Crippen LogP contribution in [-0.4, -0.2) is 6.29 Å². The fourth-order valence-electron chi connectivity index (χ4n) is 5.97. The van der Waals surface area contributed by atoms with Gasteiger partial charge in [0.25, 0.3) is 0 Å². The molecule has 0 amide bonds. The predicted molar refractivity (Wildman–Crippen MR) is 92.4 cm³/mol. The third kappa shape index (κ3) is 2.25. The zero-order valence-electron chi connectivity index (χ0n) is 14.1. The number of allylic oxidation sites excluding steroid dienone is 5. The van der Waals surface area contributed by atoms with Crippen molar-refractivity contribution in [2.75, 3.05) is 0 Å². The minimum atomic E-state index is 0.369. The Morgan fingerprint density at radius 3 is 2.86 bits per heavy atom. The average molecular weight is 298 g/mol. The van der Waals surface area contributed by atoms with Crippen LogP contribution in [0.1, 0.15) is 52.4 Å². The SMILES string of the molecule is C=CC12CCC3C(CCC)/C(=C\C=O)C=CC3C1CCC2C. The first-order chi connectivity index (χ1) is 10.7. The summed E-state index contributed by atoms with van der Waals surface area (Å²) in [6, 6.07) is 0. The molecule has 0 radical (unpaired) electrons. The molecule has 0 heterocycles. The van der Waals surface area contributed by atoms with Crippen LogP contribution in [-0.2, 0) is 4.79 Å². The van der Waals surface area contributed by atoms with Gasteiger partial charge in [-0.15, -0.1) is 6.58 Å². The monoisotopic (exact) mass is 298 g/mol. The van der Waals surface area contributed by atoms with Crippen LogP contribution >= 0.6 is 0 Å². The maximum atomic E-state index is 11.0. The largest absolute Gasteiger partial charge is 0.299 e. The molecule has 6 atom stereocenters. The first-order valence-corrected chi connectivity index (χ1v) is 9.15. The molecule has 0 N–H and O–H groups in total. The Morgan fingerprint density at radius 2 is 2.18 bits per heavy atom. The quantitative estimate of drug-likeness (QED) is 0.389. The Hall–Kier alpha value is -1.11. The lowest BCUT2D eigenvalue weighted by Gasteiger charge is -2.51. The number of carbonyl (C=O) groups excluding carboxylic acids is 1. The van der Waals surface area contributed by atoms with E-state index in [9.17, 15) is 4.79 Å². The van der Waals surface area contributed by atoms with Gasteiger partial charge in [0.05, 0.1) is 0 Å². The van der Waals surface area contributed by atoms with Gasteiger partial charge in [-0.05, 0) is 78.8 Å². The standard InChI is InChI=1S/C21H30O/c1-4-6-17-16(12-14-22)8-9-19-18(17)11-13-21(5-2)15(3)7-10-20(19)21/h5,8-9,12,14-15,17-20H,2,4,6-7,10-11,13H2,1,3H3/b16-12-. The first kappa shape index (κ1) is 15.8. The summed E-state index contributed by atoms with van der Waals surface area (Å²) in [7, 11) is 0. The van der Waals surface area contributed by atoms with E-state index in [0.717, 1.165) is 24.0 Å². The molecule has 2 fully saturated rings. The minimum Gasteiger partial charge on any atom is -0.299 e. The summed E-state index contributed by atoms with van der Waals surface area (Å²) in [5.41, 5.74) is 1.64. The van der Waals surface area contributed by atoms with Crippen molar-refractivity contribution < 1.29 is 4.79 Å². The molecule has 120 valence electrons. The normalized spacial score (nSPS) is 45.4. The van der Waals surface area contributed by atoms with Gasteiger partial charge in [-0.25, -0.2) is 0 Å². The van der Waals surface area contributed by atoms with Crippen LogP contribution < -0.4 is 0 Å². The molecule has 0 saturated heterocycles. The van der Waals surface area contributed by atoms with E-state index in [0.29, 0.717) is 17.3 Å². The highest BCUT2D eigenvalue weighted by Crippen LogP contribution is 2.62. The van der Waals surface area contributed by atoms with E-state index in [1.165, 1.54) is 44.1 Å². The fourth-order valence-corrected chi connectivity index (χ4v) is 5.97. The topological polar surface area (TPSA) is 17.1 Å². The van der Waals surface area contributed by atoms with Gasteiger partial charge in [0.15, 0.2) is 0 Å². The van der Waals surface area contributed by atoms with Crippen molar-refractivity contribution in [2.45, 2.75) is 52.4 Å². The van der Waals surface area contributed by atoms with Gasteiger partial charge < -0.3 is 0 Å². The summed E-state index contributed by atoms with van der Waals surface area (Å²) in [6.45, 7) is 8.91. The van der Waals surface area contributed by atoms with Crippen molar-refractivity contribution >= 4 is 6.29 Å². The van der Waals surface area contributed by atoms with E-state index in [-0.39, 0.29) is 0 Å².